The van der Waals surface area contributed by atoms with Gasteiger partial charge in [0.1, 0.15) is 0 Å². The minimum absolute atomic E-state index is 0.143. The third-order valence-corrected chi connectivity index (χ3v) is 3.17. The molecule has 1 aliphatic carbocycles. The monoisotopic (exact) mass is 193 g/mol. The lowest BCUT2D eigenvalue weighted by molar-refractivity contribution is -0.117. The van der Waals surface area contributed by atoms with Crippen LogP contribution in [0.1, 0.15) is 18.4 Å². The van der Waals surface area contributed by atoms with Crippen LogP contribution in [-0.2, 0) is 10.2 Å². The quantitative estimate of drug-likeness (QED) is 0.673. The number of fused-ring (bicyclic) bond motifs is 2. The van der Waals surface area contributed by atoms with Crippen molar-refractivity contribution in [2.75, 3.05) is 5.32 Å². The molecule has 13 heavy (non-hydrogen) atoms. The summed E-state index contributed by atoms with van der Waals surface area (Å²) in [4.78, 5) is 11.6. The van der Waals surface area contributed by atoms with Crippen molar-refractivity contribution >= 4 is 23.2 Å². The van der Waals surface area contributed by atoms with Gasteiger partial charge in [-0.15, -0.1) is 0 Å². The molecule has 1 spiro atoms. The van der Waals surface area contributed by atoms with Crippen LogP contribution in [0.3, 0.4) is 0 Å². The molecule has 1 heterocycles. The molecule has 0 radical (unpaired) electrons. The highest BCUT2D eigenvalue weighted by atomic mass is 35.5. The van der Waals surface area contributed by atoms with Crippen molar-refractivity contribution in [3.05, 3.63) is 28.8 Å². The van der Waals surface area contributed by atoms with E-state index in [-0.39, 0.29) is 11.3 Å². The molecule has 1 saturated carbocycles. The number of carbonyl (C=O) groups is 1. The summed E-state index contributed by atoms with van der Waals surface area (Å²) < 4.78 is 0. The molecule has 1 amide bonds. The molecule has 3 rings (SSSR count). The third kappa shape index (κ3) is 0.814. The molecule has 1 N–H and O–H groups in total. The Bertz CT molecular complexity index is 409. The van der Waals surface area contributed by atoms with Gasteiger partial charge in [-0.2, -0.15) is 0 Å². The van der Waals surface area contributed by atoms with Gasteiger partial charge in [-0.3, -0.25) is 4.79 Å². The molecule has 3 heteroatoms. The van der Waals surface area contributed by atoms with E-state index in [0.717, 1.165) is 24.1 Å². The summed E-state index contributed by atoms with van der Waals surface area (Å²) in [7, 11) is 0. The first-order chi connectivity index (χ1) is 6.22. The minimum Gasteiger partial charge on any atom is -0.325 e. The number of carbonyl (C=O) groups excluding carboxylic acids is 1. The van der Waals surface area contributed by atoms with Crippen LogP contribution in [0.25, 0.3) is 0 Å². The summed E-state index contributed by atoms with van der Waals surface area (Å²) in [6.07, 6.45) is 1.96. The summed E-state index contributed by atoms with van der Waals surface area (Å²) in [5, 5.41) is 3.55. The Morgan fingerprint density at radius 3 is 2.85 bits per heavy atom. The lowest BCUT2D eigenvalue weighted by Gasteiger charge is -2.02. The number of rotatable bonds is 0. The Balaban J connectivity index is 2.22. The molecule has 2 nitrogen and oxygen atoms in total. The largest absolute Gasteiger partial charge is 0.325 e. The molecule has 0 unspecified atom stereocenters. The van der Waals surface area contributed by atoms with E-state index < -0.39 is 0 Å². The predicted molar refractivity (Wildman–Crippen MR) is 51.0 cm³/mol. The Morgan fingerprint density at radius 2 is 2.15 bits per heavy atom. The highest BCUT2D eigenvalue weighted by Gasteiger charge is 2.56. The number of benzene rings is 1. The molecule has 1 aromatic rings. The van der Waals surface area contributed by atoms with Crippen LogP contribution in [0, 0.1) is 0 Å². The summed E-state index contributed by atoms with van der Waals surface area (Å²) in [6, 6.07) is 5.63. The zero-order chi connectivity index (χ0) is 9.05. The summed E-state index contributed by atoms with van der Waals surface area (Å²) in [6.45, 7) is 0. The number of anilines is 1. The molecule has 1 aromatic carbocycles. The van der Waals surface area contributed by atoms with Gasteiger partial charge in [0.2, 0.25) is 5.91 Å². The van der Waals surface area contributed by atoms with E-state index in [0.29, 0.717) is 5.02 Å². The van der Waals surface area contributed by atoms with E-state index in [1.807, 2.05) is 18.2 Å². The number of hydrogen-bond acceptors (Lipinski definition) is 1. The van der Waals surface area contributed by atoms with Crippen molar-refractivity contribution in [1.29, 1.82) is 0 Å². The topological polar surface area (TPSA) is 29.1 Å². The Morgan fingerprint density at radius 1 is 1.38 bits per heavy atom. The molecular weight excluding hydrogens is 186 g/mol. The normalized spacial score (nSPS) is 21.5. The van der Waals surface area contributed by atoms with Crippen LogP contribution in [0.4, 0.5) is 5.69 Å². The maximum atomic E-state index is 11.6. The van der Waals surface area contributed by atoms with E-state index in [9.17, 15) is 4.79 Å². The smallest absolute Gasteiger partial charge is 0.235 e. The Hall–Kier alpha value is -1.02. The first-order valence-corrected chi connectivity index (χ1v) is 4.72. The van der Waals surface area contributed by atoms with Crippen LogP contribution in [0.2, 0.25) is 5.02 Å². The standard InChI is InChI=1S/C10H8ClNO/c11-6-1-2-7-8(5-6)12-9(13)10(7)3-4-10/h1-2,5H,3-4H2,(H,12,13). The summed E-state index contributed by atoms with van der Waals surface area (Å²) >= 11 is 5.83. The van der Waals surface area contributed by atoms with Gasteiger partial charge in [0.15, 0.2) is 0 Å². The number of amides is 1. The van der Waals surface area contributed by atoms with E-state index in [4.69, 9.17) is 11.6 Å². The minimum atomic E-state index is -0.181. The van der Waals surface area contributed by atoms with Gasteiger partial charge < -0.3 is 5.32 Å². The van der Waals surface area contributed by atoms with Gasteiger partial charge in [0, 0.05) is 10.7 Å². The van der Waals surface area contributed by atoms with Gasteiger partial charge in [-0.1, -0.05) is 17.7 Å². The molecule has 1 aliphatic heterocycles. The van der Waals surface area contributed by atoms with Crippen molar-refractivity contribution in [2.45, 2.75) is 18.3 Å². The SMILES string of the molecule is O=C1Nc2cc(Cl)ccc2C12CC2. The third-order valence-electron chi connectivity index (χ3n) is 2.93. The number of hydrogen-bond donors (Lipinski definition) is 1. The zero-order valence-corrected chi connectivity index (χ0v) is 7.69. The molecule has 0 aromatic heterocycles. The van der Waals surface area contributed by atoms with Crippen LogP contribution in [-0.4, -0.2) is 5.91 Å². The van der Waals surface area contributed by atoms with Crippen LogP contribution >= 0.6 is 11.6 Å². The van der Waals surface area contributed by atoms with Crippen LogP contribution in [0.5, 0.6) is 0 Å². The van der Waals surface area contributed by atoms with E-state index in [1.165, 1.54) is 0 Å². The van der Waals surface area contributed by atoms with Crippen molar-refractivity contribution in [3.63, 3.8) is 0 Å². The lowest BCUT2D eigenvalue weighted by atomic mass is 9.98. The molecule has 0 atom stereocenters. The highest BCUT2D eigenvalue weighted by molar-refractivity contribution is 6.31. The fourth-order valence-corrected chi connectivity index (χ4v) is 2.19. The fourth-order valence-electron chi connectivity index (χ4n) is 2.02. The van der Waals surface area contributed by atoms with Gasteiger partial charge in [0.05, 0.1) is 5.41 Å². The van der Waals surface area contributed by atoms with Gasteiger partial charge in [-0.25, -0.2) is 0 Å². The highest BCUT2D eigenvalue weighted by Crippen LogP contribution is 2.55. The van der Waals surface area contributed by atoms with Gasteiger partial charge >= 0.3 is 0 Å². The second-order valence-electron chi connectivity index (χ2n) is 3.73. The molecule has 2 aliphatic rings. The first kappa shape index (κ1) is 7.39. The zero-order valence-electron chi connectivity index (χ0n) is 6.93. The van der Waals surface area contributed by atoms with E-state index in [2.05, 4.69) is 5.32 Å². The van der Waals surface area contributed by atoms with E-state index >= 15 is 0 Å². The summed E-state index contributed by atoms with van der Waals surface area (Å²) in [5.74, 6) is 0.143. The predicted octanol–water partition coefficient (Wildman–Crippen LogP) is 2.32. The summed E-state index contributed by atoms with van der Waals surface area (Å²) in [5.41, 5.74) is 1.84. The molecule has 0 saturated heterocycles. The Kier molecular flexibility index (Phi) is 1.18. The van der Waals surface area contributed by atoms with Crippen molar-refractivity contribution in [1.82, 2.24) is 0 Å². The maximum Gasteiger partial charge on any atom is 0.235 e. The van der Waals surface area contributed by atoms with Crippen LogP contribution in [0.15, 0.2) is 18.2 Å². The van der Waals surface area contributed by atoms with E-state index in [1.54, 1.807) is 0 Å². The number of nitrogens with one attached hydrogen (secondary N) is 1. The van der Waals surface area contributed by atoms with Crippen LogP contribution < -0.4 is 5.32 Å². The average molecular weight is 194 g/mol. The second kappa shape index (κ2) is 2.07. The maximum absolute atomic E-state index is 11.6. The average Bonchev–Trinajstić information content (AvgIpc) is 2.80. The van der Waals surface area contributed by atoms with Crippen molar-refractivity contribution in [3.8, 4) is 0 Å². The lowest BCUT2D eigenvalue weighted by Crippen LogP contribution is -2.18. The van der Waals surface area contributed by atoms with Gasteiger partial charge in [0.25, 0.3) is 0 Å². The fraction of sp³-hybridized carbons (Fsp3) is 0.300. The first-order valence-electron chi connectivity index (χ1n) is 4.34. The number of halogens is 1. The molecule has 0 bridgehead atoms. The van der Waals surface area contributed by atoms with Gasteiger partial charge in [-0.05, 0) is 30.5 Å². The molecular formula is C10H8ClNO. The Labute approximate surface area is 80.9 Å². The molecule has 1 fully saturated rings. The van der Waals surface area contributed by atoms with Crippen molar-refractivity contribution in [2.24, 2.45) is 0 Å². The molecule has 66 valence electrons. The van der Waals surface area contributed by atoms with Crippen molar-refractivity contribution < 1.29 is 4.79 Å². The second-order valence-corrected chi connectivity index (χ2v) is 4.16.